The Bertz CT molecular complexity index is 950. The van der Waals surface area contributed by atoms with E-state index in [0.29, 0.717) is 12.3 Å². The van der Waals surface area contributed by atoms with Crippen molar-refractivity contribution in [2.75, 3.05) is 12.8 Å². The highest BCUT2D eigenvalue weighted by molar-refractivity contribution is 8.00. The minimum atomic E-state index is 0.120. The molecule has 2 aromatic heterocycles. The molecule has 0 radical (unpaired) electrons. The highest BCUT2D eigenvalue weighted by Gasteiger charge is 2.22. The normalized spacial score (nSPS) is 13.2. The van der Waals surface area contributed by atoms with Crippen LogP contribution in [-0.2, 0) is 24.2 Å². The van der Waals surface area contributed by atoms with Crippen LogP contribution in [0.25, 0.3) is 10.2 Å². The molecule has 3 aromatic rings. The van der Waals surface area contributed by atoms with Gasteiger partial charge in [-0.3, -0.25) is 4.79 Å². The number of thiophene rings is 1. The molecule has 1 amide bonds. The van der Waals surface area contributed by atoms with Gasteiger partial charge in [0.05, 0.1) is 5.75 Å². The predicted molar refractivity (Wildman–Crippen MR) is 108 cm³/mol. The van der Waals surface area contributed by atoms with E-state index in [9.17, 15) is 4.79 Å². The van der Waals surface area contributed by atoms with Gasteiger partial charge in [0.25, 0.3) is 0 Å². The highest BCUT2D eigenvalue weighted by Crippen LogP contribution is 2.39. The van der Waals surface area contributed by atoms with E-state index in [4.69, 9.17) is 0 Å². The van der Waals surface area contributed by atoms with Crippen LogP contribution in [0.1, 0.15) is 28.0 Å². The van der Waals surface area contributed by atoms with Gasteiger partial charge in [0.1, 0.15) is 16.2 Å². The Labute approximate surface area is 161 Å². The van der Waals surface area contributed by atoms with Crippen LogP contribution in [0.15, 0.2) is 35.6 Å². The first-order valence-electron chi connectivity index (χ1n) is 8.79. The molecule has 134 valence electrons. The molecular formula is C20H21N3OS2. The average molecular weight is 384 g/mol. The number of fused-ring (bicyclic) bond motifs is 3. The molecule has 0 bridgehead atoms. The van der Waals surface area contributed by atoms with Gasteiger partial charge >= 0.3 is 0 Å². The lowest BCUT2D eigenvalue weighted by Crippen LogP contribution is -2.27. The summed E-state index contributed by atoms with van der Waals surface area (Å²) in [6.07, 6.45) is 5.10. The standard InChI is InChI=1S/C20H21N3OS2/c1-13-6-8-14(9-7-13)10-23(2)17(24)11-25-19-18-15-4-3-5-16(15)26-20(18)22-12-21-19/h6-9,12H,3-5,10-11H2,1-2H3. The van der Waals surface area contributed by atoms with E-state index in [1.807, 2.05) is 7.05 Å². The SMILES string of the molecule is Cc1ccc(CN(C)C(=O)CSc2ncnc3sc4c(c23)CCC4)cc1. The third-order valence-electron chi connectivity index (χ3n) is 4.77. The number of hydrogen-bond acceptors (Lipinski definition) is 5. The van der Waals surface area contributed by atoms with E-state index < -0.39 is 0 Å². The van der Waals surface area contributed by atoms with Gasteiger partial charge in [-0.2, -0.15) is 0 Å². The second-order valence-corrected chi connectivity index (χ2v) is 8.79. The fourth-order valence-electron chi connectivity index (χ4n) is 3.30. The Morgan fingerprint density at radius 1 is 1.23 bits per heavy atom. The molecule has 1 aromatic carbocycles. The minimum Gasteiger partial charge on any atom is -0.341 e. The number of amides is 1. The fourth-order valence-corrected chi connectivity index (χ4v) is 5.56. The van der Waals surface area contributed by atoms with Crippen molar-refractivity contribution < 1.29 is 4.79 Å². The van der Waals surface area contributed by atoms with Crippen LogP contribution in [-0.4, -0.2) is 33.6 Å². The van der Waals surface area contributed by atoms with E-state index in [0.717, 1.165) is 28.3 Å². The molecular weight excluding hydrogens is 362 g/mol. The second-order valence-electron chi connectivity index (χ2n) is 6.74. The molecule has 0 N–H and O–H groups in total. The Morgan fingerprint density at radius 3 is 2.85 bits per heavy atom. The number of thioether (sulfide) groups is 1. The number of aryl methyl sites for hydroxylation is 3. The van der Waals surface area contributed by atoms with Crippen molar-refractivity contribution >= 4 is 39.2 Å². The van der Waals surface area contributed by atoms with Gasteiger partial charge in [0.15, 0.2) is 0 Å². The summed E-state index contributed by atoms with van der Waals surface area (Å²) in [5, 5.41) is 2.13. The summed E-state index contributed by atoms with van der Waals surface area (Å²) in [5.41, 5.74) is 3.79. The van der Waals surface area contributed by atoms with Crippen molar-refractivity contribution in [3.8, 4) is 0 Å². The number of rotatable bonds is 5. The Kier molecular flexibility index (Phi) is 4.96. The zero-order valence-corrected chi connectivity index (χ0v) is 16.6. The van der Waals surface area contributed by atoms with Crippen molar-refractivity contribution in [2.24, 2.45) is 0 Å². The first-order valence-corrected chi connectivity index (χ1v) is 10.6. The van der Waals surface area contributed by atoms with Crippen molar-refractivity contribution in [3.05, 3.63) is 52.2 Å². The molecule has 6 heteroatoms. The largest absolute Gasteiger partial charge is 0.341 e. The van der Waals surface area contributed by atoms with E-state index in [1.54, 1.807) is 22.6 Å². The van der Waals surface area contributed by atoms with Crippen LogP contribution in [0.2, 0.25) is 0 Å². The number of carbonyl (C=O) groups excluding carboxylic acids is 1. The van der Waals surface area contributed by atoms with Crippen LogP contribution in [0.3, 0.4) is 0 Å². The van der Waals surface area contributed by atoms with Crippen molar-refractivity contribution in [1.29, 1.82) is 0 Å². The van der Waals surface area contributed by atoms with E-state index in [-0.39, 0.29) is 5.91 Å². The summed E-state index contributed by atoms with van der Waals surface area (Å²) in [5.74, 6) is 0.522. The molecule has 4 rings (SSSR count). The van der Waals surface area contributed by atoms with E-state index in [1.165, 1.54) is 39.6 Å². The maximum atomic E-state index is 12.6. The van der Waals surface area contributed by atoms with E-state index >= 15 is 0 Å². The van der Waals surface area contributed by atoms with Gasteiger partial charge in [-0.1, -0.05) is 41.6 Å². The van der Waals surface area contributed by atoms with E-state index in [2.05, 4.69) is 41.2 Å². The predicted octanol–water partition coefficient (Wildman–Crippen LogP) is 4.24. The summed E-state index contributed by atoms with van der Waals surface area (Å²) in [4.78, 5) is 25.8. The average Bonchev–Trinajstić information content (AvgIpc) is 3.22. The molecule has 0 atom stereocenters. The maximum absolute atomic E-state index is 12.6. The Morgan fingerprint density at radius 2 is 2.04 bits per heavy atom. The molecule has 0 aliphatic heterocycles. The monoisotopic (exact) mass is 383 g/mol. The lowest BCUT2D eigenvalue weighted by Gasteiger charge is -2.17. The number of aromatic nitrogens is 2. The van der Waals surface area contributed by atoms with Gasteiger partial charge in [-0.25, -0.2) is 9.97 Å². The molecule has 1 aliphatic rings. The molecule has 26 heavy (non-hydrogen) atoms. The van der Waals surface area contributed by atoms with Crippen LogP contribution >= 0.6 is 23.1 Å². The summed E-state index contributed by atoms with van der Waals surface area (Å²) >= 11 is 3.32. The number of benzene rings is 1. The van der Waals surface area contributed by atoms with Crippen LogP contribution < -0.4 is 0 Å². The molecule has 0 spiro atoms. The molecule has 0 saturated heterocycles. The minimum absolute atomic E-state index is 0.120. The third-order valence-corrected chi connectivity index (χ3v) is 6.94. The Balaban J connectivity index is 1.44. The molecule has 1 aliphatic carbocycles. The van der Waals surface area contributed by atoms with Gasteiger partial charge in [0, 0.05) is 23.9 Å². The van der Waals surface area contributed by atoms with Crippen LogP contribution in [0.4, 0.5) is 0 Å². The Hall–Kier alpha value is -1.92. The van der Waals surface area contributed by atoms with Crippen molar-refractivity contribution in [1.82, 2.24) is 14.9 Å². The molecule has 4 nitrogen and oxygen atoms in total. The number of carbonyl (C=O) groups is 1. The summed E-state index contributed by atoms with van der Waals surface area (Å²) in [7, 11) is 1.86. The lowest BCUT2D eigenvalue weighted by atomic mass is 10.1. The second kappa shape index (κ2) is 7.37. The van der Waals surface area contributed by atoms with Gasteiger partial charge in [-0.05, 0) is 37.3 Å². The topological polar surface area (TPSA) is 46.1 Å². The number of hydrogen-bond donors (Lipinski definition) is 0. The quantitative estimate of drug-likeness (QED) is 0.488. The molecule has 0 fully saturated rings. The van der Waals surface area contributed by atoms with Crippen LogP contribution in [0.5, 0.6) is 0 Å². The summed E-state index contributed by atoms with van der Waals surface area (Å²) in [6.45, 7) is 2.70. The van der Waals surface area contributed by atoms with Crippen LogP contribution in [0, 0.1) is 6.92 Å². The molecule has 0 saturated carbocycles. The third kappa shape index (κ3) is 3.48. The first-order chi connectivity index (χ1) is 12.6. The molecule has 0 unspecified atom stereocenters. The first kappa shape index (κ1) is 17.5. The van der Waals surface area contributed by atoms with Gasteiger partial charge < -0.3 is 4.90 Å². The molecule has 2 heterocycles. The zero-order chi connectivity index (χ0) is 18.1. The van der Waals surface area contributed by atoms with Crippen molar-refractivity contribution in [3.63, 3.8) is 0 Å². The fraction of sp³-hybridized carbons (Fsp3) is 0.350. The van der Waals surface area contributed by atoms with Gasteiger partial charge in [0.2, 0.25) is 5.91 Å². The summed E-state index contributed by atoms with van der Waals surface area (Å²) in [6, 6.07) is 8.32. The van der Waals surface area contributed by atoms with Crippen molar-refractivity contribution in [2.45, 2.75) is 37.8 Å². The number of nitrogens with zero attached hydrogens (tertiary/aromatic N) is 3. The summed E-state index contributed by atoms with van der Waals surface area (Å²) < 4.78 is 0. The van der Waals surface area contributed by atoms with Gasteiger partial charge in [-0.15, -0.1) is 11.3 Å². The maximum Gasteiger partial charge on any atom is 0.233 e. The lowest BCUT2D eigenvalue weighted by molar-refractivity contribution is -0.127. The highest BCUT2D eigenvalue weighted by atomic mass is 32.2. The zero-order valence-electron chi connectivity index (χ0n) is 15.0. The smallest absolute Gasteiger partial charge is 0.233 e.